The first kappa shape index (κ1) is 12.0. The minimum atomic E-state index is 0.715. The third-order valence-corrected chi connectivity index (χ3v) is 1.81. The lowest BCUT2D eigenvalue weighted by molar-refractivity contribution is 0.388. The predicted molar refractivity (Wildman–Crippen MR) is 63.7 cm³/mol. The van der Waals surface area contributed by atoms with Crippen LogP contribution in [0.3, 0.4) is 0 Å². The van der Waals surface area contributed by atoms with E-state index in [1.54, 1.807) is 24.3 Å². The molecule has 2 rings (SSSR count). The molecule has 0 saturated carbocycles. The van der Waals surface area contributed by atoms with Crippen molar-refractivity contribution >= 4 is 11.4 Å². The Morgan fingerprint density at radius 1 is 0.562 bits per heavy atom. The van der Waals surface area contributed by atoms with Gasteiger partial charge in [-0.25, -0.2) is 0 Å². The Balaban J connectivity index is 0.000000160. The second kappa shape index (κ2) is 7.28. The minimum absolute atomic E-state index is 0.715. The number of para-hydroxylation sites is 2. The Hall–Kier alpha value is -2.04. The topological polar surface area (TPSA) is 64.5 Å². The van der Waals surface area contributed by atoms with Crippen molar-refractivity contribution < 1.29 is 10.4 Å². The van der Waals surface area contributed by atoms with Gasteiger partial charge in [-0.05, 0) is 24.3 Å². The molecule has 4 nitrogen and oxygen atoms in total. The van der Waals surface area contributed by atoms with Gasteiger partial charge in [0, 0.05) is 0 Å². The van der Waals surface area contributed by atoms with Crippen LogP contribution in [0.2, 0.25) is 0 Å². The molecule has 4 N–H and O–H groups in total. The van der Waals surface area contributed by atoms with E-state index in [4.69, 9.17) is 10.4 Å². The molecule has 2 aromatic carbocycles. The molecule has 0 unspecified atom stereocenters. The van der Waals surface area contributed by atoms with E-state index < -0.39 is 0 Å². The molecule has 16 heavy (non-hydrogen) atoms. The molecule has 0 aliphatic rings. The van der Waals surface area contributed by atoms with Crippen LogP contribution < -0.4 is 11.0 Å². The lowest BCUT2D eigenvalue weighted by Gasteiger charge is -1.92. The van der Waals surface area contributed by atoms with Gasteiger partial charge < -0.3 is 0 Å². The maximum absolute atomic E-state index is 8.29. The van der Waals surface area contributed by atoms with Crippen molar-refractivity contribution in [2.45, 2.75) is 0 Å². The van der Waals surface area contributed by atoms with Crippen LogP contribution >= 0.6 is 0 Å². The summed E-state index contributed by atoms with van der Waals surface area (Å²) in [6.07, 6.45) is 0. The van der Waals surface area contributed by atoms with Crippen LogP contribution in [0.4, 0.5) is 11.4 Å². The fourth-order valence-corrected chi connectivity index (χ4v) is 1.03. The van der Waals surface area contributed by atoms with Crippen molar-refractivity contribution in [3.05, 3.63) is 60.7 Å². The summed E-state index contributed by atoms with van der Waals surface area (Å²) in [6.45, 7) is 0. The van der Waals surface area contributed by atoms with E-state index in [1.807, 2.05) is 47.4 Å². The fraction of sp³-hybridized carbons (Fsp3) is 0. The average molecular weight is 218 g/mol. The van der Waals surface area contributed by atoms with Crippen LogP contribution in [0, 0.1) is 0 Å². The van der Waals surface area contributed by atoms with E-state index in [9.17, 15) is 0 Å². The van der Waals surface area contributed by atoms with E-state index in [0.717, 1.165) is 0 Å². The molecule has 0 amide bonds. The first-order valence-electron chi connectivity index (χ1n) is 4.77. The third-order valence-electron chi connectivity index (χ3n) is 1.81. The first-order chi connectivity index (χ1) is 7.86. The summed E-state index contributed by atoms with van der Waals surface area (Å²) in [5, 5.41) is 16.6. The summed E-state index contributed by atoms with van der Waals surface area (Å²) >= 11 is 0. The smallest absolute Gasteiger partial charge is 0.0602 e. The van der Waals surface area contributed by atoms with Crippen molar-refractivity contribution in [1.29, 1.82) is 0 Å². The van der Waals surface area contributed by atoms with E-state index in [0.29, 0.717) is 11.4 Å². The average Bonchev–Trinajstić information content (AvgIpc) is 2.41. The van der Waals surface area contributed by atoms with Crippen LogP contribution in [0.5, 0.6) is 0 Å². The van der Waals surface area contributed by atoms with Gasteiger partial charge >= 0.3 is 0 Å². The number of hydrogen-bond acceptors (Lipinski definition) is 4. The highest BCUT2D eigenvalue weighted by Crippen LogP contribution is 2.02. The molecular formula is C12H14N2O2. The molecule has 0 spiro atoms. The molecule has 2 aromatic rings. The molecule has 0 aliphatic heterocycles. The highest BCUT2D eigenvalue weighted by Gasteiger charge is 1.80. The van der Waals surface area contributed by atoms with Crippen molar-refractivity contribution in [3.63, 3.8) is 0 Å². The summed E-state index contributed by atoms with van der Waals surface area (Å²) in [7, 11) is 0. The zero-order valence-electron chi connectivity index (χ0n) is 8.67. The van der Waals surface area contributed by atoms with Crippen molar-refractivity contribution in [2.75, 3.05) is 11.0 Å². The number of benzene rings is 2. The molecule has 0 fully saturated rings. The maximum atomic E-state index is 8.29. The quantitative estimate of drug-likeness (QED) is 0.585. The van der Waals surface area contributed by atoms with Crippen LogP contribution in [0.25, 0.3) is 0 Å². The molecule has 0 saturated heterocycles. The molecule has 0 atom stereocenters. The molecule has 0 aliphatic carbocycles. The highest BCUT2D eigenvalue weighted by molar-refractivity contribution is 5.40. The second-order valence-electron chi connectivity index (χ2n) is 2.96. The van der Waals surface area contributed by atoms with Crippen molar-refractivity contribution in [3.8, 4) is 0 Å². The molecule has 0 radical (unpaired) electrons. The number of rotatable bonds is 2. The third kappa shape index (κ3) is 4.45. The summed E-state index contributed by atoms with van der Waals surface area (Å²) in [4.78, 5) is 0. The Morgan fingerprint density at radius 2 is 0.875 bits per heavy atom. The number of anilines is 2. The normalized spacial score (nSPS) is 8.62. The summed E-state index contributed by atoms with van der Waals surface area (Å²) in [5.74, 6) is 0. The molecule has 84 valence electrons. The van der Waals surface area contributed by atoms with Crippen LogP contribution in [0.15, 0.2) is 60.7 Å². The lowest BCUT2D eigenvalue weighted by Crippen LogP contribution is -1.85. The summed E-state index contributed by atoms with van der Waals surface area (Å²) in [6, 6.07) is 18.3. The van der Waals surface area contributed by atoms with Crippen molar-refractivity contribution in [2.24, 2.45) is 0 Å². The lowest BCUT2D eigenvalue weighted by atomic mass is 10.3. The maximum Gasteiger partial charge on any atom is 0.0602 e. The highest BCUT2D eigenvalue weighted by atomic mass is 16.5. The van der Waals surface area contributed by atoms with Gasteiger partial charge in [0.2, 0.25) is 0 Å². The van der Waals surface area contributed by atoms with Gasteiger partial charge in [-0.2, -0.15) is 0 Å². The predicted octanol–water partition coefficient (Wildman–Crippen LogP) is 2.98. The molecule has 0 heterocycles. The monoisotopic (exact) mass is 218 g/mol. The molecule has 0 aromatic heterocycles. The SMILES string of the molecule is ONc1ccccc1.ONc1ccccc1. The van der Waals surface area contributed by atoms with Crippen LogP contribution in [0.1, 0.15) is 0 Å². The zero-order chi connectivity index (χ0) is 11.6. The van der Waals surface area contributed by atoms with Crippen LogP contribution in [-0.2, 0) is 0 Å². The van der Waals surface area contributed by atoms with E-state index in [-0.39, 0.29) is 0 Å². The Kier molecular flexibility index (Phi) is 5.47. The molecular weight excluding hydrogens is 204 g/mol. The number of hydrogen-bond donors (Lipinski definition) is 4. The first-order valence-corrected chi connectivity index (χ1v) is 4.77. The van der Waals surface area contributed by atoms with Gasteiger partial charge in [-0.1, -0.05) is 36.4 Å². The van der Waals surface area contributed by atoms with Crippen LogP contribution in [-0.4, -0.2) is 10.4 Å². The largest absolute Gasteiger partial charge is 0.291 e. The van der Waals surface area contributed by atoms with Crippen molar-refractivity contribution in [1.82, 2.24) is 0 Å². The Bertz CT molecular complexity index is 339. The van der Waals surface area contributed by atoms with E-state index in [2.05, 4.69) is 0 Å². The summed E-state index contributed by atoms with van der Waals surface area (Å²) in [5.41, 5.74) is 5.48. The molecule has 4 heteroatoms. The van der Waals surface area contributed by atoms with Gasteiger partial charge in [0.15, 0.2) is 0 Å². The molecule has 0 bridgehead atoms. The van der Waals surface area contributed by atoms with Gasteiger partial charge in [-0.3, -0.25) is 21.4 Å². The number of nitrogens with one attached hydrogen (secondary N) is 2. The Morgan fingerprint density at radius 3 is 1.06 bits per heavy atom. The zero-order valence-corrected chi connectivity index (χ0v) is 8.67. The fourth-order valence-electron chi connectivity index (χ4n) is 1.03. The van der Waals surface area contributed by atoms with Gasteiger partial charge in [0.05, 0.1) is 11.4 Å². The van der Waals surface area contributed by atoms with Gasteiger partial charge in [0.1, 0.15) is 0 Å². The second-order valence-corrected chi connectivity index (χ2v) is 2.96. The standard InChI is InChI=1S/2C6H7NO/c2*8-7-6-4-2-1-3-5-6/h2*1-5,7-8H. The summed E-state index contributed by atoms with van der Waals surface area (Å²) < 4.78 is 0. The van der Waals surface area contributed by atoms with Gasteiger partial charge in [-0.15, -0.1) is 0 Å². The van der Waals surface area contributed by atoms with E-state index in [1.165, 1.54) is 0 Å². The minimum Gasteiger partial charge on any atom is -0.291 e. The Labute approximate surface area is 94.1 Å². The van der Waals surface area contributed by atoms with Gasteiger partial charge in [0.25, 0.3) is 0 Å². The van der Waals surface area contributed by atoms with E-state index >= 15 is 0 Å².